The molecule has 0 aliphatic carbocycles. The van der Waals surface area contributed by atoms with Gasteiger partial charge in [-0.15, -0.1) is 0 Å². The molecule has 1 fully saturated rings. The third-order valence-electron chi connectivity index (χ3n) is 10.0. The summed E-state index contributed by atoms with van der Waals surface area (Å²) < 4.78 is 24.5. The number of hydrogen-bond acceptors (Lipinski definition) is 6. The fourth-order valence-corrected chi connectivity index (χ4v) is 7.33. The molecule has 6 nitrogen and oxygen atoms in total. The molecule has 2 atom stereocenters. The lowest BCUT2D eigenvalue weighted by Crippen LogP contribution is -2.33. The molecule has 0 radical (unpaired) electrons. The number of fused-ring (bicyclic) bond motifs is 1. The summed E-state index contributed by atoms with van der Waals surface area (Å²) in [5.41, 5.74) is 7.23. The molecule has 6 heteroatoms. The molecule has 258 valence electrons. The van der Waals surface area contributed by atoms with E-state index in [1.807, 2.05) is 36.4 Å². The third-order valence-corrected chi connectivity index (χ3v) is 10.0. The van der Waals surface area contributed by atoms with Crippen molar-refractivity contribution in [1.82, 2.24) is 4.90 Å². The Bertz CT molecular complexity index is 1810. The second-order valence-corrected chi connectivity index (χ2v) is 13.4. The highest BCUT2D eigenvalue weighted by molar-refractivity contribution is 5.65. The van der Waals surface area contributed by atoms with Crippen molar-refractivity contribution >= 4 is 5.69 Å². The lowest BCUT2D eigenvalue weighted by atomic mass is 9.91. The largest absolute Gasteiger partial charge is 0.493 e. The van der Waals surface area contributed by atoms with Gasteiger partial charge in [-0.25, -0.2) is 0 Å². The van der Waals surface area contributed by atoms with Crippen molar-refractivity contribution < 1.29 is 18.9 Å². The van der Waals surface area contributed by atoms with Gasteiger partial charge in [0.25, 0.3) is 0 Å². The van der Waals surface area contributed by atoms with Crippen LogP contribution in [0.1, 0.15) is 66.0 Å². The minimum atomic E-state index is 0.129. The quantitative estimate of drug-likeness (QED) is 0.117. The van der Waals surface area contributed by atoms with Crippen LogP contribution in [0.3, 0.4) is 0 Å². The Kier molecular flexibility index (Phi) is 10.9. The van der Waals surface area contributed by atoms with Gasteiger partial charge in [0.05, 0.1) is 13.2 Å². The maximum Gasteiger partial charge on any atom is 0.161 e. The molecule has 0 saturated carbocycles. The van der Waals surface area contributed by atoms with Crippen LogP contribution in [0.25, 0.3) is 0 Å². The fourth-order valence-electron chi connectivity index (χ4n) is 7.33. The van der Waals surface area contributed by atoms with E-state index in [1.54, 1.807) is 7.11 Å². The number of rotatable bonds is 14. The molecule has 7 rings (SSSR count). The van der Waals surface area contributed by atoms with Crippen molar-refractivity contribution in [3.05, 3.63) is 149 Å². The monoisotopic (exact) mass is 668 g/mol. The summed E-state index contributed by atoms with van der Waals surface area (Å²) >= 11 is 0. The SMILES string of the molecule is COc1cc(CN2c3ccc(OCc4ccccc4)cc3C(C)C2c2ccc(OCc3ccccc3)cc2)ccc1OCCN1CCCCC1. The van der Waals surface area contributed by atoms with Crippen molar-refractivity contribution in [3.63, 3.8) is 0 Å². The Balaban J connectivity index is 1.11. The van der Waals surface area contributed by atoms with Crippen molar-refractivity contribution in [2.45, 2.75) is 57.9 Å². The zero-order valence-electron chi connectivity index (χ0n) is 29.3. The summed E-state index contributed by atoms with van der Waals surface area (Å²) in [5.74, 6) is 3.56. The predicted molar refractivity (Wildman–Crippen MR) is 201 cm³/mol. The van der Waals surface area contributed by atoms with E-state index in [2.05, 4.69) is 102 Å². The molecule has 2 unspecified atom stereocenters. The van der Waals surface area contributed by atoms with E-state index < -0.39 is 0 Å². The zero-order chi connectivity index (χ0) is 34.1. The van der Waals surface area contributed by atoms with Crippen molar-refractivity contribution in [2.75, 3.05) is 38.3 Å². The second kappa shape index (κ2) is 16.2. The number of hydrogen-bond donors (Lipinski definition) is 0. The Morgan fingerprint density at radius 2 is 1.28 bits per heavy atom. The van der Waals surface area contributed by atoms with Gasteiger partial charge < -0.3 is 23.8 Å². The standard InChI is InChI=1S/C44H48N2O4/c1-33-40-29-39(50-32-35-14-8-4-9-15-35)21-22-41(40)46(44(33)37-17-19-38(20-18-37)49-31-34-12-6-3-7-13-34)30-36-16-23-42(43(28-36)47-2)48-27-26-45-24-10-5-11-25-45/h3-4,6-9,12-23,28-29,33,44H,5,10-11,24-27,30-32H2,1-2H3. The number of methoxy groups -OCH3 is 1. The third kappa shape index (κ3) is 8.09. The zero-order valence-corrected chi connectivity index (χ0v) is 29.3. The van der Waals surface area contributed by atoms with Gasteiger partial charge >= 0.3 is 0 Å². The number of nitrogens with zero attached hydrogens (tertiary/aromatic N) is 2. The second-order valence-electron chi connectivity index (χ2n) is 13.4. The number of anilines is 1. The Morgan fingerprint density at radius 3 is 1.96 bits per heavy atom. The lowest BCUT2D eigenvalue weighted by molar-refractivity contribution is 0.180. The van der Waals surface area contributed by atoms with Gasteiger partial charge in [0, 0.05) is 24.7 Å². The van der Waals surface area contributed by atoms with Gasteiger partial charge in [-0.2, -0.15) is 0 Å². The molecular weight excluding hydrogens is 620 g/mol. The minimum Gasteiger partial charge on any atom is -0.493 e. The van der Waals surface area contributed by atoms with Crippen LogP contribution >= 0.6 is 0 Å². The first-order valence-corrected chi connectivity index (χ1v) is 18.0. The molecule has 50 heavy (non-hydrogen) atoms. The van der Waals surface area contributed by atoms with Crippen LogP contribution in [-0.4, -0.2) is 38.3 Å². The van der Waals surface area contributed by atoms with E-state index in [1.165, 1.54) is 54.7 Å². The molecule has 0 aromatic heterocycles. The van der Waals surface area contributed by atoms with E-state index in [0.29, 0.717) is 19.8 Å². The lowest BCUT2D eigenvalue weighted by Gasteiger charge is -2.30. The Hall–Kier alpha value is -4.94. The van der Waals surface area contributed by atoms with Crippen LogP contribution < -0.4 is 23.8 Å². The number of likely N-dealkylation sites (tertiary alicyclic amines) is 1. The summed E-state index contributed by atoms with van der Waals surface area (Å²) in [6.45, 7) is 8.07. The molecule has 5 aromatic rings. The van der Waals surface area contributed by atoms with E-state index in [0.717, 1.165) is 47.2 Å². The van der Waals surface area contributed by atoms with Crippen LogP contribution in [0.2, 0.25) is 0 Å². The number of benzene rings is 5. The number of ether oxygens (including phenoxy) is 4. The molecule has 2 aliphatic rings. The van der Waals surface area contributed by atoms with Crippen LogP contribution in [0.15, 0.2) is 121 Å². The van der Waals surface area contributed by atoms with Gasteiger partial charge in [-0.3, -0.25) is 4.90 Å². The minimum absolute atomic E-state index is 0.129. The van der Waals surface area contributed by atoms with Gasteiger partial charge in [-0.05, 0) is 96.2 Å². The maximum atomic E-state index is 6.29. The summed E-state index contributed by atoms with van der Waals surface area (Å²) in [7, 11) is 1.73. The van der Waals surface area contributed by atoms with E-state index in [-0.39, 0.29) is 12.0 Å². The van der Waals surface area contributed by atoms with Crippen LogP contribution in [-0.2, 0) is 19.8 Å². The summed E-state index contributed by atoms with van der Waals surface area (Å²) in [5, 5.41) is 0. The average molecular weight is 669 g/mol. The molecular formula is C44H48N2O4. The first-order chi connectivity index (χ1) is 24.6. The van der Waals surface area contributed by atoms with Crippen LogP contribution in [0.5, 0.6) is 23.0 Å². The first-order valence-electron chi connectivity index (χ1n) is 18.0. The van der Waals surface area contributed by atoms with Gasteiger partial charge in [0.2, 0.25) is 0 Å². The summed E-state index contributed by atoms with van der Waals surface area (Å²) in [6.07, 6.45) is 3.91. The Labute approximate surface area is 297 Å². The summed E-state index contributed by atoms with van der Waals surface area (Å²) in [4.78, 5) is 5.02. The van der Waals surface area contributed by atoms with Crippen LogP contribution in [0.4, 0.5) is 5.69 Å². The molecule has 0 bridgehead atoms. The highest BCUT2D eigenvalue weighted by Crippen LogP contribution is 2.51. The highest BCUT2D eigenvalue weighted by Gasteiger charge is 2.37. The molecule has 0 spiro atoms. The fraction of sp³-hybridized carbons (Fsp3) is 0.318. The van der Waals surface area contributed by atoms with E-state index >= 15 is 0 Å². The van der Waals surface area contributed by atoms with E-state index in [4.69, 9.17) is 18.9 Å². The van der Waals surface area contributed by atoms with Crippen molar-refractivity contribution in [3.8, 4) is 23.0 Å². The van der Waals surface area contributed by atoms with Gasteiger partial charge in [0.15, 0.2) is 11.5 Å². The highest BCUT2D eigenvalue weighted by atomic mass is 16.5. The van der Waals surface area contributed by atoms with Crippen LogP contribution in [0, 0.1) is 0 Å². The first kappa shape index (κ1) is 33.6. The molecule has 2 heterocycles. The predicted octanol–water partition coefficient (Wildman–Crippen LogP) is 9.58. The smallest absolute Gasteiger partial charge is 0.161 e. The average Bonchev–Trinajstić information content (AvgIpc) is 3.44. The molecule has 0 N–H and O–H groups in total. The molecule has 2 aliphatic heterocycles. The van der Waals surface area contributed by atoms with Gasteiger partial charge in [0.1, 0.15) is 31.3 Å². The topological polar surface area (TPSA) is 43.4 Å². The normalized spacial score (nSPS) is 17.3. The van der Waals surface area contributed by atoms with E-state index in [9.17, 15) is 0 Å². The van der Waals surface area contributed by atoms with Crippen molar-refractivity contribution in [2.24, 2.45) is 0 Å². The molecule has 1 saturated heterocycles. The Morgan fingerprint density at radius 1 is 0.620 bits per heavy atom. The molecule has 0 amide bonds. The van der Waals surface area contributed by atoms with Crippen molar-refractivity contribution in [1.29, 1.82) is 0 Å². The maximum absolute atomic E-state index is 6.29. The molecule has 5 aromatic carbocycles. The van der Waals surface area contributed by atoms with Gasteiger partial charge in [-0.1, -0.05) is 92.2 Å². The summed E-state index contributed by atoms with van der Waals surface area (Å²) in [6, 6.07) is 42.3. The number of piperidine rings is 1.